The third-order valence-electron chi connectivity index (χ3n) is 5.19. The fourth-order valence-electron chi connectivity index (χ4n) is 3.61. The number of nitrogens with zero attached hydrogens (tertiary/aromatic N) is 3. The van der Waals surface area contributed by atoms with Crippen LogP contribution in [0, 0.1) is 0 Å². The second-order valence-corrected chi connectivity index (χ2v) is 7.75. The van der Waals surface area contributed by atoms with Crippen molar-refractivity contribution in [3.8, 4) is 22.3 Å². The zero-order chi connectivity index (χ0) is 20.8. The molecule has 1 saturated heterocycles. The molecule has 1 aromatic heterocycles. The minimum atomic E-state index is 0.264. The lowest BCUT2D eigenvalue weighted by Gasteiger charge is -2.26. The fourth-order valence-corrected chi connectivity index (χ4v) is 3.80. The van der Waals surface area contributed by atoms with Gasteiger partial charge in [-0.15, -0.1) is 0 Å². The molecule has 6 nitrogen and oxygen atoms in total. The topological polar surface area (TPSA) is 76.3 Å². The Balaban J connectivity index is 1.49. The van der Waals surface area contributed by atoms with Gasteiger partial charge in [-0.05, 0) is 47.9 Å². The summed E-state index contributed by atoms with van der Waals surface area (Å²) in [5.41, 5.74) is 9.98. The van der Waals surface area contributed by atoms with Crippen molar-refractivity contribution in [1.29, 1.82) is 0 Å². The molecule has 1 aliphatic heterocycles. The summed E-state index contributed by atoms with van der Waals surface area (Å²) >= 11 is 6.17. The number of rotatable bonds is 7. The van der Waals surface area contributed by atoms with Gasteiger partial charge in [0.15, 0.2) is 0 Å². The molecule has 0 amide bonds. The van der Waals surface area contributed by atoms with E-state index in [-0.39, 0.29) is 5.95 Å². The highest BCUT2D eigenvalue weighted by Gasteiger charge is 2.12. The van der Waals surface area contributed by atoms with Crippen molar-refractivity contribution < 1.29 is 4.74 Å². The predicted octanol–water partition coefficient (Wildman–Crippen LogP) is 4.18. The summed E-state index contributed by atoms with van der Waals surface area (Å²) in [6, 6.07) is 16.1. The normalized spacial score (nSPS) is 14.6. The number of nitrogen functional groups attached to an aromatic ring is 1. The highest BCUT2D eigenvalue weighted by atomic mass is 35.5. The first kappa shape index (κ1) is 20.6. The molecule has 3 N–H and O–H groups in total. The van der Waals surface area contributed by atoms with Gasteiger partial charge in [0.2, 0.25) is 5.95 Å². The number of nitrogens with one attached hydrogen (secondary N) is 1. The maximum absolute atomic E-state index is 6.17. The minimum absolute atomic E-state index is 0.264. The number of morpholine rings is 1. The predicted molar refractivity (Wildman–Crippen MR) is 123 cm³/mol. The molecule has 1 fully saturated rings. The van der Waals surface area contributed by atoms with E-state index in [4.69, 9.17) is 22.1 Å². The molecule has 2 heterocycles. The van der Waals surface area contributed by atoms with E-state index in [2.05, 4.69) is 44.5 Å². The average molecular weight is 424 g/mol. The zero-order valence-corrected chi connectivity index (χ0v) is 17.6. The minimum Gasteiger partial charge on any atom is -0.379 e. The van der Waals surface area contributed by atoms with Crippen molar-refractivity contribution in [2.45, 2.75) is 6.42 Å². The molecule has 3 aromatic rings. The van der Waals surface area contributed by atoms with E-state index in [1.165, 1.54) is 0 Å². The summed E-state index contributed by atoms with van der Waals surface area (Å²) in [4.78, 5) is 11.1. The van der Waals surface area contributed by atoms with Crippen LogP contribution in [0.1, 0.15) is 6.42 Å². The van der Waals surface area contributed by atoms with Crippen molar-refractivity contribution in [3.05, 3.63) is 59.8 Å². The van der Waals surface area contributed by atoms with Crippen molar-refractivity contribution in [2.24, 2.45) is 0 Å². The fraction of sp³-hybridized carbons (Fsp3) is 0.304. The Morgan fingerprint density at radius 2 is 1.77 bits per heavy atom. The Labute approximate surface area is 182 Å². The van der Waals surface area contributed by atoms with E-state index in [1.54, 1.807) is 6.20 Å². The molecular weight excluding hydrogens is 398 g/mol. The molecular formula is C23H26ClN5O. The van der Waals surface area contributed by atoms with E-state index in [1.807, 2.05) is 24.3 Å². The highest BCUT2D eigenvalue weighted by molar-refractivity contribution is 6.30. The smallest absolute Gasteiger partial charge is 0.221 e. The van der Waals surface area contributed by atoms with Crippen LogP contribution < -0.4 is 11.1 Å². The Morgan fingerprint density at radius 3 is 2.57 bits per heavy atom. The Morgan fingerprint density at radius 1 is 1.03 bits per heavy atom. The van der Waals surface area contributed by atoms with Gasteiger partial charge >= 0.3 is 0 Å². The number of halogens is 1. The van der Waals surface area contributed by atoms with Gasteiger partial charge in [-0.25, -0.2) is 4.98 Å². The Hall–Kier alpha value is -2.67. The summed E-state index contributed by atoms with van der Waals surface area (Å²) in [6.07, 6.45) is 2.80. The molecule has 1 aliphatic rings. The third-order valence-corrected chi connectivity index (χ3v) is 5.42. The summed E-state index contributed by atoms with van der Waals surface area (Å²) in [7, 11) is 0. The maximum atomic E-state index is 6.17. The van der Waals surface area contributed by atoms with Gasteiger partial charge in [-0.2, -0.15) is 4.98 Å². The number of anilines is 2. The van der Waals surface area contributed by atoms with E-state index in [0.717, 1.165) is 78.9 Å². The first-order valence-corrected chi connectivity index (χ1v) is 10.6. The highest BCUT2D eigenvalue weighted by Crippen LogP contribution is 2.31. The Bertz CT molecular complexity index is 991. The quantitative estimate of drug-likeness (QED) is 0.555. The van der Waals surface area contributed by atoms with Crippen molar-refractivity contribution in [2.75, 3.05) is 50.4 Å². The molecule has 7 heteroatoms. The van der Waals surface area contributed by atoms with Crippen LogP contribution in [0.5, 0.6) is 0 Å². The molecule has 0 aliphatic carbocycles. The number of hydrogen-bond donors (Lipinski definition) is 2. The van der Waals surface area contributed by atoms with Gasteiger partial charge in [-0.3, -0.25) is 4.90 Å². The lowest BCUT2D eigenvalue weighted by atomic mass is 10.00. The van der Waals surface area contributed by atoms with E-state index in [0.29, 0.717) is 0 Å². The molecule has 0 radical (unpaired) electrons. The van der Waals surface area contributed by atoms with Crippen LogP contribution in [0.15, 0.2) is 54.7 Å². The monoisotopic (exact) mass is 423 g/mol. The van der Waals surface area contributed by atoms with Crippen molar-refractivity contribution in [1.82, 2.24) is 14.9 Å². The molecule has 30 heavy (non-hydrogen) atoms. The maximum Gasteiger partial charge on any atom is 0.221 e. The second-order valence-electron chi connectivity index (χ2n) is 7.32. The molecule has 4 rings (SSSR count). The van der Waals surface area contributed by atoms with Gasteiger partial charge in [0.25, 0.3) is 0 Å². The van der Waals surface area contributed by atoms with Crippen molar-refractivity contribution in [3.63, 3.8) is 0 Å². The van der Waals surface area contributed by atoms with Crippen LogP contribution in [-0.2, 0) is 4.74 Å². The summed E-state index contributed by atoms with van der Waals surface area (Å²) in [5, 5.41) is 4.17. The second kappa shape index (κ2) is 9.89. The van der Waals surface area contributed by atoms with Crippen LogP contribution in [0.4, 0.5) is 11.8 Å². The number of nitrogens with two attached hydrogens (primary N) is 1. The summed E-state index contributed by atoms with van der Waals surface area (Å²) < 4.78 is 5.41. The summed E-state index contributed by atoms with van der Waals surface area (Å²) in [5.74, 6) is 1.02. The zero-order valence-electron chi connectivity index (χ0n) is 16.9. The lowest BCUT2D eigenvalue weighted by Crippen LogP contribution is -2.37. The first-order chi connectivity index (χ1) is 14.7. The van der Waals surface area contributed by atoms with Gasteiger partial charge in [-0.1, -0.05) is 41.9 Å². The molecule has 0 unspecified atom stereocenters. The number of ether oxygens (including phenoxy) is 1. The summed E-state index contributed by atoms with van der Waals surface area (Å²) in [6.45, 7) is 5.50. The number of aromatic nitrogens is 2. The van der Waals surface area contributed by atoms with Crippen LogP contribution in [-0.4, -0.2) is 54.3 Å². The number of benzene rings is 2. The third kappa shape index (κ3) is 5.27. The van der Waals surface area contributed by atoms with Crippen LogP contribution in [0.3, 0.4) is 0 Å². The van der Waals surface area contributed by atoms with Crippen molar-refractivity contribution >= 4 is 23.4 Å². The SMILES string of the molecule is Nc1ncc(-c2cccc(-c3cccc(Cl)c3)c2)c(NCCCN2CCOCC2)n1. The van der Waals surface area contributed by atoms with Gasteiger partial charge in [0.1, 0.15) is 5.82 Å². The average Bonchev–Trinajstić information content (AvgIpc) is 2.78. The van der Waals surface area contributed by atoms with E-state index < -0.39 is 0 Å². The molecule has 0 atom stereocenters. The van der Waals surface area contributed by atoms with E-state index >= 15 is 0 Å². The van der Waals surface area contributed by atoms with Crippen LogP contribution in [0.25, 0.3) is 22.3 Å². The lowest BCUT2D eigenvalue weighted by molar-refractivity contribution is 0.0378. The van der Waals surface area contributed by atoms with Crippen LogP contribution >= 0.6 is 11.6 Å². The first-order valence-electron chi connectivity index (χ1n) is 10.2. The molecule has 0 bridgehead atoms. The number of hydrogen-bond acceptors (Lipinski definition) is 6. The molecule has 0 spiro atoms. The standard InChI is InChI=1S/C23H26ClN5O/c24-20-7-2-5-18(15-20)17-4-1-6-19(14-17)21-16-27-23(25)28-22(21)26-8-3-9-29-10-12-30-13-11-29/h1-2,4-7,14-16H,3,8-13H2,(H3,25,26,27,28). The molecule has 0 saturated carbocycles. The van der Waals surface area contributed by atoms with Crippen LogP contribution in [0.2, 0.25) is 5.02 Å². The van der Waals surface area contributed by atoms with E-state index in [9.17, 15) is 0 Å². The largest absolute Gasteiger partial charge is 0.379 e. The molecule has 156 valence electrons. The van der Waals surface area contributed by atoms with Gasteiger partial charge in [0.05, 0.1) is 13.2 Å². The Kier molecular flexibility index (Phi) is 6.79. The molecule has 2 aromatic carbocycles. The van der Waals surface area contributed by atoms with Gasteiger partial charge < -0.3 is 15.8 Å². The van der Waals surface area contributed by atoms with Gasteiger partial charge in [0, 0.05) is 36.4 Å².